The van der Waals surface area contributed by atoms with Crippen LogP contribution >= 0.6 is 22.9 Å². The Labute approximate surface area is 104 Å². The topological polar surface area (TPSA) is 24.9 Å². The summed E-state index contributed by atoms with van der Waals surface area (Å²) in [7, 11) is 0. The molecule has 1 aromatic carbocycles. The Hall–Kier alpha value is -1.06. The summed E-state index contributed by atoms with van der Waals surface area (Å²) in [6.45, 7) is 4.90. The zero-order valence-electron chi connectivity index (χ0n) is 9.25. The van der Waals surface area contributed by atoms with Gasteiger partial charge in [-0.3, -0.25) is 0 Å². The van der Waals surface area contributed by atoms with Crippen molar-refractivity contribution < 1.29 is 0 Å². The third-order valence-corrected chi connectivity index (χ3v) is 3.65. The van der Waals surface area contributed by atoms with Gasteiger partial charge in [-0.05, 0) is 31.5 Å². The zero-order chi connectivity index (χ0) is 11.5. The molecule has 4 heteroatoms. The average Bonchev–Trinajstić information content (AvgIpc) is 2.66. The number of benzene rings is 1. The number of halogens is 1. The highest BCUT2D eigenvalue weighted by Gasteiger charge is 2.03. The second-order valence-electron chi connectivity index (χ2n) is 3.67. The lowest BCUT2D eigenvalue weighted by Gasteiger charge is -2.09. The first-order valence-corrected chi connectivity index (χ1v) is 6.31. The molecule has 0 amide bonds. The summed E-state index contributed by atoms with van der Waals surface area (Å²) in [6.07, 6.45) is 0. The highest BCUT2D eigenvalue weighted by Crippen LogP contribution is 2.22. The molecule has 0 aliphatic heterocycles. The molecule has 0 aliphatic carbocycles. The number of nitrogens with zero attached hydrogens (tertiary/aromatic N) is 1. The molecule has 2 aromatic rings. The lowest BCUT2D eigenvalue weighted by molar-refractivity contribution is 1.12. The van der Waals surface area contributed by atoms with Crippen molar-refractivity contribution in [2.24, 2.45) is 0 Å². The van der Waals surface area contributed by atoms with Gasteiger partial charge in [0.25, 0.3) is 0 Å². The first kappa shape index (κ1) is 11.4. The van der Waals surface area contributed by atoms with E-state index in [4.69, 9.17) is 11.6 Å². The number of aryl methyl sites for hydroxylation is 2. The maximum Gasteiger partial charge on any atom is 0.0798 e. The molecular formula is C12H13ClN2S. The fourth-order valence-corrected chi connectivity index (χ4v) is 2.34. The minimum atomic E-state index is 0.758. The summed E-state index contributed by atoms with van der Waals surface area (Å²) in [6, 6.07) is 5.87. The molecule has 1 aromatic heterocycles. The molecule has 1 N–H and O–H groups in total. The van der Waals surface area contributed by atoms with E-state index in [0.29, 0.717) is 0 Å². The Kier molecular flexibility index (Phi) is 3.46. The maximum absolute atomic E-state index is 5.96. The number of thiazole rings is 1. The minimum Gasteiger partial charge on any atom is -0.380 e. The van der Waals surface area contributed by atoms with Crippen LogP contribution in [0.1, 0.15) is 16.1 Å². The molecule has 0 unspecified atom stereocenters. The summed E-state index contributed by atoms with van der Waals surface area (Å²) in [5, 5.41) is 4.14. The van der Waals surface area contributed by atoms with E-state index in [1.807, 2.05) is 30.6 Å². The fourth-order valence-electron chi connectivity index (χ4n) is 1.46. The molecular weight excluding hydrogens is 240 g/mol. The molecule has 0 saturated carbocycles. The van der Waals surface area contributed by atoms with Crippen molar-refractivity contribution >= 4 is 28.6 Å². The fraction of sp³-hybridized carbons (Fsp3) is 0.250. The molecule has 16 heavy (non-hydrogen) atoms. The molecule has 0 aliphatic rings. The van der Waals surface area contributed by atoms with E-state index in [1.165, 1.54) is 10.4 Å². The van der Waals surface area contributed by atoms with E-state index in [0.717, 1.165) is 22.9 Å². The lowest BCUT2D eigenvalue weighted by atomic mass is 10.2. The van der Waals surface area contributed by atoms with E-state index in [2.05, 4.69) is 17.2 Å². The smallest absolute Gasteiger partial charge is 0.0798 e. The Morgan fingerprint density at radius 1 is 1.38 bits per heavy atom. The summed E-state index contributed by atoms with van der Waals surface area (Å²) in [5.74, 6) is 0. The lowest BCUT2D eigenvalue weighted by Crippen LogP contribution is -2.00. The SMILES string of the molecule is Cc1ccc(Cl)cc1NCc1scnc1C. The Balaban J connectivity index is 2.10. The van der Waals surface area contributed by atoms with Gasteiger partial charge in [0, 0.05) is 15.6 Å². The van der Waals surface area contributed by atoms with Crippen LogP contribution in [0.2, 0.25) is 5.02 Å². The van der Waals surface area contributed by atoms with Gasteiger partial charge in [0.15, 0.2) is 0 Å². The molecule has 84 valence electrons. The summed E-state index contributed by atoms with van der Waals surface area (Å²) >= 11 is 7.63. The van der Waals surface area contributed by atoms with Crippen LogP contribution in [0.5, 0.6) is 0 Å². The van der Waals surface area contributed by atoms with Crippen LogP contribution in [-0.4, -0.2) is 4.98 Å². The first-order chi connectivity index (χ1) is 7.66. The van der Waals surface area contributed by atoms with Gasteiger partial charge in [-0.15, -0.1) is 11.3 Å². The number of nitrogens with one attached hydrogen (secondary N) is 1. The van der Waals surface area contributed by atoms with Crippen LogP contribution in [-0.2, 0) is 6.54 Å². The molecule has 0 saturated heterocycles. The highest BCUT2D eigenvalue weighted by molar-refractivity contribution is 7.09. The predicted octanol–water partition coefficient (Wildman–Crippen LogP) is 4.03. The Morgan fingerprint density at radius 2 is 2.19 bits per heavy atom. The van der Waals surface area contributed by atoms with E-state index in [-0.39, 0.29) is 0 Å². The number of rotatable bonds is 3. The normalized spacial score (nSPS) is 10.4. The number of anilines is 1. The van der Waals surface area contributed by atoms with Crippen LogP contribution in [0, 0.1) is 13.8 Å². The highest BCUT2D eigenvalue weighted by atomic mass is 35.5. The summed E-state index contributed by atoms with van der Waals surface area (Å²) < 4.78 is 0. The van der Waals surface area contributed by atoms with Gasteiger partial charge in [0.05, 0.1) is 17.7 Å². The van der Waals surface area contributed by atoms with Gasteiger partial charge >= 0.3 is 0 Å². The number of hydrogen-bond donors (Lipinski definition) is 1. The molecule has 2 rings (SSSR count). The van der Waals surface area contributed by atoms with Crippen molar-refractivity contribution in [1.29, 1.82) is 0 Å². The van der Waals surface area contributed by atoms with E-state index >= 15 is 0 Å². The van der Waals surface area contributed by atoms with Gasteiger partial charge in [0.1, 0.15) is 0 Å². The molecule has 2 nitrogen and oxygen atoms in total. The van der Waals surface area contributed by atoms with Crippen LogP contribution in [0.3, 0.4) is 0 Å². The number of aromatic nitrogens is 1. The Morgan fingerprint density at radius 3 is 2.88 bits per heavy atom. The van der Waals surface area contributed by atoms with Gasteiger partial charge < -0.3 is 5.32 Å². The second kappa shape index (κ2) is 4.85. The van der Waals surface area contributed by atoms with Crippen LogP contribution in [0.4, 0.5) is 5.69 Å². The van der Waals surface area contributed by atoms with Crippen molar-refractivity contribution in [1.82, 2.24) is 4.98 Å². The number of hydrogen-bond acceptors (Lipinski definition) is 3. The third-order valence-electron chi connectivity index (χ3n) is 2.48. The quantitative estimate of drug-likeness (QED) is 0.892. The van der Waals surface area contributed by atoms with Gasteiger partial charge in [-0.1, -0.05) is 17.7 Å². The van der Waals surface area contributed by atoms with E-state index in [9.17, 15) is 0 Å². The molecule has 0 spiro atoms. The van der Waals surface area contributed by atoms with Gasteiger partial charge in [-0.2, -0.15) is 0 Å². The molecule has 0 fully saturated rings. The summed E-state index contributed by atoms with van der Waals surface area (Å²) in [5.41, 5.74) is 5.25. The Bertz CT molecular complexity index is 494. The minimum absolute atomic E-state index is 0.758. The van der Waals surface area contributed by atoms with Gasteiger partial charge in [0.2, 0.25) is 0 Å². The molecule has 0 radical (unpaired) electrons. The van der Waals surface area contributed by atoms with E-state index in [1.54, 1.807) is 11.3 Å². The van der Waals surface area contributed by atoms with Crippen molar-refractivity contribution in [2.75, 3.05) is 5.32 Å². The average molecular weight is 253 g/mol. The second-order valence-corrected chi connectivity index (χ2v) is 5.05. The van der Waals surface area contributed by atoms with Crippen molar-refractivity contribution in [3.63, 3.8) is 0 Å². The van der Waals surface area contributed by atoms with E-state index < -0.39 is 0 Å². The maximum atomic E-state index is 5.96. The zero-order valence-corrected chi connectivity index (χ0v) is 10.8. The van der Waals surface area contributed by atoms with Crippen LogP contribution in [0.25, 0.3) is 0 Å². The van der Waals surface area contributed by atoms with Crippen molar-refractivity contribution in [3.05, 3.63) is 44.9 Å². The molecule has 1 heterocycles. The predicted molar refractivity (Wildman–Crippen MR) is 70.4 cm³/mol. The van der Waals surface area contributed by atoms with Crippen molar-refractivity contribution in [2.45, 2.75) is 20.4 Å². The first-order valence-electron chi connectivity index (χ1n) is 5.06. The molecule has 0 bridgehead atoms. The van der Waals surface area contributed by atoms with Crippen LogP contribution in [0.15, 0.2) is 23.7 Å². The monoisotopic (exact) mass is 252 g/mol. The summed E-state index contributed by atoms with van der Waals surface area (Å²) in [4.78, 5) is 5.48. The molecule has 0 atom stereocenters. The van der Waals surface area contributed by atoms with Crippen molar-refractivity contribution in [3.8, 4) is 0 Å². The largest absolute Gasteiger partial charge is 0.380 e. The van der Waals surface area contributed by atoms with Crippen LogP contribution < -0.4 is 5.32 Å². The van der Waals surface area contributed by atoms with Gasteiger partial charge in [-0.25, -0.2) is 4.98 Å². The standard InChI is InChI=1S/C12H13ClN2S/c1-8-3-4-10(13)5-11(8)14-6-12-9(2)15-7-16-12/h3-5,7,14H,6H2,1-2H3. The third kappa shape index (κ3) is 2.54.